The van der Waals surface area contributed by atoms with E-state index in [0.29, 0.717) is 0 Å². The molecule has 0 aliphatic carbocycles. The van der Waals surface area contributed by atoms with Crippen molar-refractivity contribution in [2.45, 2.75) is 51.9 Å². The lowest BCUT2D eigenvalue weighted by atomic mass is 9.82. The average Bonchev–Trinajstić information content (AvgIpc) is 3.18. The maximum Gasteiger partial charge on any atom is 0.200 e. The minimum atomic E-state index is -0.0805. The number of nitrogens with one attached hydrogen (secondary N) is 1. The lowest BCUT2D eigenvalue weighted by Gasteiger charge is -2.23. The van der Waals surface area contributed by atoms with Gasteiger partial charge in [-0.15, -0.1) is 0 Å². The van der Waals surface area contributed by atoms with Crippen molar-refractivity contribution >= 4 is 22.0 Å². The highest BCUT2D eigenvalue weighted by Gasteiger charge is 2.25. The third kappa shape index (κ3) is 3.03. The number of hydrogen-bond donors (Lipinski definition) is 1. The fraction of sp³-hybridized carbons (Fsp3) is 0.348. The molecule has 2 aromatic heterocycles. The van der Waals surface area contributed by atoms with Crippen LogP contribution in [0.3, 0.4) is 0 Å². The molecule has 0 unspecified atom stereocenters. The smallest absolute Gasteiger partial charge is 0.200 e. The Morgan fingerprint density at radius 3 is 2.46 bits per heavy atom. The number of aromatic nitrogens is 2. The summed E-state index contributed by atoms with van der Waals surface area (Å²) in [6, 6.07) is 17.1. The van der Waals surface area contributed by atoms with Crippen molar-refractivity contribution in [3.8, 4) is 0 Å². The summed E-state index contributed by atoms with van der Waals surface area (Å²) >= 11 is 0. The van der Waals surface area contributed by atoms with Crippen molar-refractivity contribution in [3.05, 3.63) is 65.7 Å². The van der Waals surface area contributed by atoms with E-state index >= 15 is 0 Å². The molecule has 26 heavy (non-hydrogen) atoms. The molecule has 0 saturated carbocycles. The molecule has 0 radical (unpaired) electrons. The van der Waals surface area contributed by atoms with Gasteiger partial charge in [-0.25, -0.2) is 4.98 Å². The minimum absolute atomic E-state index is 0.000421. The number of hydrogen-bond acceptors (Lipinski definition) is 2. The molecule has 3 nitrogen and oxygen atoms in total. The molecule has 0 spiro atoms. The quantitative estimate of drug-likeness (QED) is 0.485. The van der Waals surface area contributed by atoms with Gasteiger partial charge in [0.2, 0.25) is 5.89 Å². The maximum absolute atomic E-state index is 6.02. The normalized spacial score (nSPS) is 13.0. The van der Waals surface area contributed by atoms with Crippen LogP contribution in [0.2, 0.25) is 0 Å². The predicted octanol–water partition coefficient (Wildman–Crippen LogP) is 6.13. The molecule has 4 aromatic rings. The van der Waals surface area contributed by atoms with Crippen molar-refractivity contribution in [2.75, 3.05) is 0 Å². The highest BCUT2D eigenvalue weighted by Crippen LogP contribution is 2.32. The average molecular weight is 346 g/mol. The van der Waals surface area contributed by atoms with E-state index in [2.05, 4.69) is 93.1 Å². The number of aromatic amines is 1. The van der Waals surface area contributed by atoms with E-state index in [9.17, 15) is 0 Å². The van der Waals surface area contributed by atoms with Gasteiger partial charge in [0.1, 0.15) is 5.52 Å². The van der Waals surface area contributed by atoms with Crippen molar-refractivity contribution < 1.29 is 4.42 Å². The van der Waals surface area contributed by atoms with Gasteiger partial charge < -0.3 is 9.40 Å². The first-order valence-corrected chi connectivity index (χ1v) is 9.21. The minimum Gasteiger partial charge on any atom is -0.440 e. The van der Waals surface area contributed by atoms with E-state index in [1.165, 1.54) is 22.2 Å². The fourth-order valence-electron chi connectivity index (χ4n) is 3.44. The van der Waals surface area contributed by atoms with E-state index in [1.54, 1.807) is 0 Å². The molecule has 0 atom stereocenters. The third-order valence-corrected chi connectivity index (χ3v) is 5.00. The van der Waals surface area contributed by atoms with Crippen molar-refractivity contribution in [1.82, 2.24) is 9.97 Å². The van der Waals surface area contributed by atoms with Crippen LogP contribution in [-0.4, -0.2) is 9.97 Å². The Kier molecular flexibility index (Phi) is 3.72. The lowest BCUT2D eigenvalue weighted by Crippen LogP contribution is -2.20. The molecule has 3 heteroatoms. The van der Waals surface area contributed by atoms with Crippen molar-refractivity contribution in [2.24, 2.45) is 0 Å². The molecule has 0 amide bonds. The zero-order valence-corrected chi connectivity index (χ0v) is 16.2. The van der Waals surface area contributed by atoms with Crippen LogP contribution in [0.1, 0.15) is 51.8 Å². The Hall–Kier alpha value is -2.55. The van der Waals surface area contributed by atoms with Gasteiger partial charge in [0.05, 0.1) is 0 Å². The Morgan fingerprint density at radius 2 is 1.73 bits per heavy atom. The fourth-order valence-corrected chi connectivity index (χ4v) is 3.44. The molecule has 0 aliphatic heterocycles. The molecule has 2 heterocycles. The second-order valence-electron chi connectivity index (χ2n) is 8.90. The molecule has 0 fully saturated rings. The van der Waals surface area contributed by atoms with Gasteiger partial charge in [0, 0.05) is 22.0 Å². The molecule has 2 aromatic carbocycles. The number of H-pyrrole nitrogens is 1. The first-order chi connectivity index (χ1) is 12.2. The van der Waals surface area contributed by atoms with Crippen LogP contribution in [0, 0.1) is 0 Å². The monoisotopic (exact) mass is 346 g/mol. The predicted molar refractivity (Wildman–Crippen MR) is 108 cm³/mol. The van der Waals surface area contributed by atoms with Crippen LogP contribution < -0.4 is 0 Å². The van der Waals surface area contributed by atoms with Gasteiger partial charge in [-0.2, -0.15) is 0 Å². The van der Waals surface area contributed by atoms with Crippen molar-refractivity contribution in [1.29, 1.82) is 0 Å². The number of rotatable bonds is 3. The summed E-state index contributed by atoms with van der Waals surface area (Å²) < 4.78 is 6.02. The number of nitrogens with zero attached hydrogens (tertiary/aromatic N) is 1. The van der Waals surface area contributed by atoms with Gasteiger partial charge >= 0.3 is 0 Å². The summed E-state index contributed by atoms with van der Waals surface area (Å²) in [6.45, 7) is 10.9. The van der Waals surface area contributed by atoms with E-state index in [0.717, 1.165) is 23.4 Å². The highest BCUT2D eigenvalue weighted by molar-refractivity contribution is 5.80. The molecular weight excluding hydrogens is 320 g/mol. The summed E-state index contributed by atoms with van der Waals surface area (Å²) in [5.41, 5.74) is 5.44. The summed E-state index contributed by atoms with van der Waals surface area (Å²) in [5.74, 6) is 0.791. The third-order valence-electron chi connectivity index (χ3n) is 5.00. The Bertz CT molecular complexity index is 1040. The van der Waals surface area contributed by atoms with Crippen molar-refractivity contribution in [3.63, 3.8) is 0 Å². The van der Waals surface area contributed by atoms with E-state index in [-0.39, 0.29) is 10.8 Å². The lowest BCUT2D eigenvalue weighted by molar-refractivity contribution is 0.410. The topological polar surface area (TPSA) is 41.8 Å². The summed E-state index contributed by atoms with van der Waals surface area (Å²) in [4.78, 5) is 8.22. The van der Waals surface area contributed by atoms with Gasteiger partial charge in [0.25, 0.3) is 0 Å². The molecule has 0 aliphatic rings. The van der Waals surface area contributed by atoms with Crippen LogP contribution in [0.5, 0.6) is 0 Å². The Labute approximate surface area is 154 Å². The SMILES string of the molecule is CC(C)(C)c1nc2ccc(CC(C)(C)c3cc4ccccc4[nH]3)cc2o1. The summed E-state index contributed by atoms with van der Waals surface area (Å²) in [5, 5.41) is 1.26. The zero-order valence-electron chi connectivity index (χ0n) is 16.2. The second kappa shape index (κ2) is 5.73. The second-order valence-corrected chi connectivity index (χ2v) is 8.90. The van der Waals surface area contributed by atoms with Gasteiger partial charge in [-0.05, 0) is 41.6 Å². The van der Waals surface area contributed by atoms with Gasteiger partial charge in [-0.3, -0.25) is 0 Å². The van der Waals surface area contributed by atoms with Crippen LogP contribution in [0.4, 0.5) is 0 Å². The number of para-hydroxylation sites is 1. The van der Waals surface area contributed by atoms with Crippen LogP contribution in [0.15, 0.2) is 52.9 Å². The molecule has 1 N–H and O–H groups in total. The summed E-state index contributed by atoms with van der Waals surface area (Å²) in [6.07, 6.45) is 0.932. The number of benzene rings is 2. The Balaban J connectivity index is 1.66. The number of fused-ring (bicyclic) bond motifs is 2. The van der Waals surface area contributed by atoms with E-state index in [1.807, 2.05) is 0 Å². The number of oxazole rings is 1. The molecular formula is C23H26N2O. The van der Waals surface area contributed by atoms with Crippen LogP contribution in [-0.2, 0) is 17.3 Å². The van der Waals surface area contributed by atoms with Crippen LogP contribution >= 0.6 is 0 Å². The van der Waals surface area contributed by atoms with Gasteiger partial charge in [-0.1, -0.05) is 58.9 Å². The maximum atomic E-state index is 6.02. The first kappa shape index (κ1) is 16.9. The van der Waals surface area contributed by atoms with E-state index in [4.69, 9.17) is 4.42 Å². The molecule has 4 rings (SSSR count). The first-order valence-electron chi connectivity index (χ1n) is 9.21. The molecule has 134 valence electrons. The molecule has 0 bridgehead atoms. The zero-order chi connectivity index (χ0) is 18.5. The largest absolute Gasteiger partial charge is 0.440 e. The Morgan fingerprint density at radius 1 is 0.962 bits per heavy atom. The molecule has 0 saturated heterocycles. The summed E-state index contributed by atoms with van der Waals surface area (Å²) in [7, 11) is 0. The van der Waals surface area contributed by atoms with Gasteiger partial charge in [0.15, 0.2) is 5.58 Å². The van der Waals surface area contributed by atoms with Crippen LogP contribution in [0.25, 0.3) is 22.0 Å². The standard InChI is InChI=1S/C23H26N2O/c1-22(2,3)21-25-18-11-10-15(12-19(18)26-21)14-23(4,5)20-13-16-8-6-7-9-17(16)24-20/h6-13,24H,14H2,1-5H3. The highest BCUT2D eigenvalue weighted by atomic mass is 16.3. The van der Waals surface area contributed by atoms with E-state index < -0.39 is 0 Å².